The van der Waals surface area contributed by atoms with E-state index in [1.807, 2.05) is 36.4 Å². The van der Waals surface area contributed by atoms with Gasteiger partial charge in [-0.1, -0.05) is 33.2 Å². The van der Waals surface area contributed by atoms with Crippen molar-refractivity contribution < 1.29 is 4.74 Å². The predicted molar refractivity (Wildman–Crippen MR) is 94.7 cm³/mol. The zero-order valence-electron chi connectivity index (χ0n) is 12.8. The molecule has 0 spiro atoms. The highest BCUT2D eigenvalue weighted by atomic mass is 79.9. The van der Waals surface area contributed by atoms with Crippen LogP contribution in [0.25, 0.3) is 5.70 Å². The number of fused-ring (bicyclic) bond motifs is 1. The molecule has 0 unspecified atom stereocenters. The van der Waals surface area contributed by atoms with E-state index >= 15 is 0 Å². The maximum absolute atomic E-state index is 5.22. The monoisotopic (exact) mass is 383 g/mol. The summed E-state index contributed by atoms with van der Waals surface area (Å²) in [5, 5.41) is 15.3. The lowest BCUT2D eigenvalue weighted by molar-refractivity contribution is 0.415. The Bertz CT molecular complexity index is 886. The van der Waals surface area contributed by atoms with Crippen molar-refractivity contribution >= 4 is 27.6 Å². The summed E-state index contributed by atoms with van der Waals surface area (Å²) in [6.07, 6.45) is 2.12. The lowest BCUT2D eigenvalue weighted by Gasteiger charge is -2.23. The molecule has 2 aromatic carbocycles. The number of ether oxygens (including phenoxy) is 1. The molecule has 0 fully saturated rings. The molecule has 4 rings (SSSR count). The molecule has 0 amide bonds. The number of nitrogens with zero attached hydrogens (tertiary/aromatic N) is 4. The highest BCUT2D eigenvalue weighted by Gasteiger charge is 2.24. The topological polar surface area (TPSA) is 64.9 Å². The Morgan fingerprint density at radius 1 is 1.08 bits per heavy atom. The van der Waals surface area contributed by atoms with Crippen LogP contribution in [-0.4, -0.2) is 27.3 Å². The number of rotatable bonds is 3. The van der Waals surface area contributed by atoms with Gasteiger partial charge in [-0.15, -0.1) is 0 Å². The average Bonchev–Trinajstić information content (AvgIpc) is 3.10. The smallest absolute Gasteiger partial charge is 0.248 e. The molecule has 1 atom stereocenters. The van der Waals surface area contributed by atoms with Gasteiger partial charge in [-0.25, -0.2) is 0 Å². The molecule has 0 saturated carbocycles. The fraction of sp³-hybridized carbons (Fsp3) is 0.118. The summed E-state index contributed by atoms with van der Waals surface area (Å²) in [4.78, 5) is 0. The number of methoxy groups -OCH3 is 1. The molecule has 2 heterocycles. The first-order valence-electron chi connectivity index (χ1n) is 7.41. The number of tetrazole rings is 1. The summed E-state index contributed by atoms with van der Waals surface area (Å²) >= 11 is 3.47. The number of anilines is 1. The fourth-order valence-corrected chi connectivity index (χ4v) is 2.95. The number of aromatic nitrogens is 4. The molecule has 3 aromatic rings. The Morgan fingerprint density at radius 3 is 2.54 bits per heavy atom. The minimum atomic E-state index is -0.0681. The maximum Gasteiger partial charge on any atom is 0.248 e. The van der Waals surface area contributed by atoms with Crippen molar-refractivity contribution in [2.24, 2.45) is 0 Å². The van der Waals surface area contributed by atoms with Gasteiger partial charge in [-0.2, -0.15) is 4.68 Å². The van der Waals surface area contributed by atoms with Gasteiger partial charge < -0.3 is 10.1 Å². The summed E-state index contributed by atoms with van der Waals surface area (Å²) in [5.41, 5.74) is 3.12. The number of benzene rings is 2. The lowest BCUT2D eigenvalue weighted by Crippen LogP contribution is -2.20. The first kappa shape index (κ1) is 14.9. The second kappa shape index (κ2) is 6.09. The number of hydrogen-bond acceptors (Lipinski definition) is 5. The lowest BCUT2D eigenvalue weighted by atomic mass is 10.0. The summed E-state index contributed by atoms with van der Waals surface area (Å²) in [6, 6.07) is 16.0. The van der Waals surface area contributed by atoms with Crippen molar-refractivity contribution in [2.45, 2.75) is 6.04 Å². The highest BCUT2D eigenvalue weighted by molar-refractivity contribution is 9.10. The van der Waals surface area contributed by atoms with Crippen LogP contribution in [0, 0.1) is 0 Å². The number of hydrogen-bond donors (Lipinski definition) is 1. The number of halogens is 1. The third kappa shape index (κ3) is 2.67. The third-order valence-corrected chi connectivity index (χ3v) is 4.47. The van der Waals surface area contributed by atoms with Crippen molar-refractivity contribution in [3.8, 4) is 5.75 Å². The first-order chi connectivity index (χ1) is 11.7. The maximum atomic E-state index is 5.22. The van der Waals surface area contributed by atoms with Crippen LogP contribution < -0.4 is 10.1 Å². The van der Waals surface area contributed by atoms with Crippen LogP contribution in [0.15, 0.2) is 59.1 Å². The Morgan fingerprint density at radius 2 is 1.83 bits per heavy atom. The molecule has 6 nitrogen and oxygen atoms in total. The van der Waals surface area contributed by atoms with Crippen LogP contribution in [0.1, 0.15) is 17.2 Å². The third-order valence-electron chi connectivity index (χ3n) is 3.94. The quantitative estimate of drug-likeness (QED) is 0.749. The van der Waals surface area contributed by atoms with Gasteiger partial charge >= 0.3 is 0 Å². The zero-order valence-corrected chi connectivity index (χ0v) is 14.4. The van der Waals surface area contributed by atoms with Crippen molar-refractivity contribution in [1.82, 2.24) is 20.2 Å². The summed E-state index contributed by atoms with van der Waals surface area (Å²) in [7, 11) is 1.66. The van der Waals surface area contributed by atoms with Gasteiger partial charge in [0.2, 0.25) is 5.95 Å². The Labute approximate surface area is 147 Å². The minimum absolute atomic E-state index is 0.0681. The molecule has 1 aliphatic heterocycles. The molecule has 120 valence electrons. The molecule has 1 aromatic heterocycles. The summed E-state index contributed by atoms with van der Waals surface area (Å²) < 4.78 is 8.03. The van der Waals surface area contributed by atoms with Gasteiger partial charge in [0.05, 0.1) is 7.11 Å². The molecule has 1 aliphatic rings. The van der Waals surface area contributed by atoms with E-state index < -0.39 is 0 Å². The Kier molecular flexibility index (Phi) is 3.78. The van der Waals surface area contributed by atoms with Crippen molar-refractivity contribution in [1.29, 1.82) is 0 Å². The van der Waals surface area contributed by atoms with Crippen LogP contribution in [0.4, 0.5) is 5.95 Å². The standard InChI is InChI=1S/C17H14BrN5O/c1-24-14-8-4-11(5-9-14)15-10-16(12-2-6-13(18)7-3-12)23-17(19-15)20-21-22-23/h2-10,16H,1H3,(H,19,20,22)/t16-/m1/s1. The molecule has 0 radical (unpaired) electrons. The Hall–Kier alpha value is -2.67. The van der Waals surface area contributed by atoms with Gasteiger partial charge in [0.15, 0.2) is 0 Å². The van der Waals surface area contributed by atoms with Crippen LogP contribution in [0.2, 0.25) is 0 Å². The molecule has 7 heteroatoms. The van der Waals surface area contributed by atoms with E-state index in [0.717, 1.165) is 27.0 Å². The molecule has 1 N–H and O–H groups in total. The fourth-order valence-electron chi connectivity index (χ4n) is 2.69. The first-order valence-corrected chi connectivity index (χ1v) is 8.20. The summed E-state index contributed by atoms with van der Waals surface area (Å²) in [6.45, 7) is 0. The molecular weight excluding hydrogens is 370 g/mol. The largest absolute Gasteiger partial charge is 0.497 e. The van der Waals surface area contributed by atoms with E-state index in [1.165, 1.54) is 0 Å². The van der Waals surface area contributed by atoms with Crippen molar-refractivity contribution in [2.75, 3.05) is 12.4 Å². The minimum Gasteiger partial charge on any atom is -0.497 e. The van der Waals surface area contributed by atoms with Crippen LogP contribution >= 0.6 is 15.9 Å². The number of allylic oxidation sites excluding steroid dienone is 1. The molecule has 0 bridgehead atoms. The van der Waals surface area contributed by atoms with Gasteiger partial charge in [0.25, 0.3) is 0 Å². The highest BCUT2D eigenvalue weighted by Crippen LogP contribution is 2.32. The van der Waals surface area contributed by atoms with E-state index in [-0.39, 0.29) is 6.04 Å². The molecule has 0 aliphatic carbocycles. The van der Waals surface area contributed by atoms with Crippen molar-refractivity contribution in [3.63, 3.8) is 0 Å². The van der Waals surface area contributed by atoms with Gasteiger partial charge in [0, 0.05) is 10.2 Å². The zero-order chi connectivity index (χ0) is 16.5. The number of nitrogens with one attached hydrogen (secondary N) is 1. The van der Waals surface area contributed by atoms with Gasteiger partial charge in [0.1, 0.15) is 11.8 Å². The van der Waals surface area contributed by atoms with E-state index in [2.05, 4.69) is 55.0 Å². The molecule has 24 heavy (non-hydrogen) atoms. The predicted octanol–water partition coefficient (Wildman–Crippen LogP) is 3.50. The summed E-state index contributed by atoms with van der Waals surface area (Å²) in [5.74, 6) is 1.45. The van der Waals surface area contributed by atoms with Crippen LogP contribution in [0.5, 0.6) is 5.75 Å². The van der Waals surface area contributed by atoms with Crippen LogP contribution in [-0.2, 0) is 0 Å². The SMILES string of the molecule is COc1ccc(C2=C[C@H](c3ccc(Br)cc3)n3nnnc3N2)cc1. The average molecular weight is 384 g/mol. The molecule has 0 saturated heterocycles. The second-order valence-electron chi connectivity index (χ2n) is 5.38. The van der Waals surface area contributed by atoms with E-state index in [1.54, 1.807) is 11.8 Å². The van der Waals surface area contributed by atoms with Gasteiger partial charge in [-0.05, 0) is 64.0 Å². The second-order valence-corrected chi connectivity index (χ2v) is 6.29. The van der Waals surface area contributed by atoms with E-state index in [4.69, 9.17) is 4.74 Å². The van der Waals surface area contributed by atoms with E-state index in [0.29, 0.717) is 5.95 Å². The molecular formula is C17H14BrN5O. The van der Waals surface area contributed by atoms with Crippen molar-refractivity contribution in [3.05, 3.63) is 70.2 Å². The van der Waals surface area contributed by atoms with E-state index in [9.17, 15) is 0 Å². The van der Waals surface area contributed by atoms with Crippen LogP contribution in [0.3, 0.4) is 0 Å². The Balaban J connectivity index is 1.76. The normalized spacial score (nSPS) is 16.1. The van der Waals surface area contributed by atoms with Gasteiger partial charge in [-0.3, -0.25) is 0 Å².